The first-order valence-corrected chi connectivity index (χ1v) is 6.86. The Labute approximate surface area is 110 Å². The molecule has 0 saturated carbocycles. The second-order valence-corrected chi connectivity index (χ2v) is 5.11. The summed E-state index contributed by atoms with van der Waals surface area (Å²) < 4.78 is 5.30. The molecule has 3 heteroatoms. The van der Waals surface area contributed by atoms with E-state index in [1.165, 1.54) is 24.8 Å². The Morgan fingerprint density at radius 2 is 2.28 bits per heavy atom. The highest BCUT2D eigenvalue weighted by Gasteiger charge is 2.26. The van der Waals surface area contributed by atoms with Crippen molar-refractivity contribution in [1.29, 1.82) is 0 Å². The summed E-state index contributed by atoms with van der Waals surface area (Å²) in [6, 6.07) is 9.23. The number of nitrogens with two attached hydrogens (primary N) is 1. The van der Waals surface area contributed by atoms with Gasteiger partial charge in [0.25, 0.3) is 0 Å². The molecule has 1 aromatic carbocycles. The van der Waals surface area contributed by atoms with Crippen molar-refractivity contribution in [3.05, 3.63) is 29.8 Å². The second-order valence-electron chi connectivity index (χ2n) is 5.11. The van der Waals surface area contributed by atoms with Crippen LogP contribution in [0.1, 0.15) is 37.8 Å². The molecular weight excluding hydrogens is 224 g/mol. The fourth-order valence-corrected chi connectivity index (χ4v) is 2.90. The molecule has 1 fully saturated rings. The summed E-state index contributed by atoms with van der Waals surface area (Å²) >= 11 is 0. The van der Waals surface area contributed by atoms with Crippen LogP contribution in [-0.4, -0.2) is 31.1 Å². The van der Waals surface area contributed by atoms with Crippen molar-refractivity contribution in [2.75, 3.05) is 20.2 Å². The maximum absolute atomic E-state index is 6.01. The molecule has 18 heavy (non-hydrogen) atoms. The number of benzene rings is 1. The van der Waals surface area contributed by atoms with E-state index >= 15 is 0 Å². The minimum atomic E-state index is 0.315. The molecule has 0 amide bonds. The molecule has 0 aromatic heterocycles. The molecule has 1 aliphatic heterocycles. The standard InChI is InChI=1S/C15H24N2O/c1-12-6-3-4-9-17(12)15(11-16)13-7-5-8-14(10-13)18-2/h5,7-8,10,12,15H,3-4,6,9,11,16H2,1-2H3. The number of hydrogen-bond acceptors (Lipinski definition) is 3. The predicted octanol–water partition coefficient (Wildman–Crippen LogP) is 2.57. The van der Waals surface area contributed by atoms with Gasteiger partial charge in [-0.1, -0.05) is 18.6 Å². The SMILES string of the molecule is COc1cccc(C(CN)N2CCCCC2C)c1. The van der Waals surface area contributed by atoms with Gasteiger partial charge in [-0.25, -0.2) is 0 Å². The average Bonchev–Trinajstić information content (AvgIpc) is 2.42. The number of nitrogens with zero attached hydrogens (tertiary/aromatic N) is 1. The largest absolute Gasteiger partial charge is 0.497 e. The smallest absolute Gasteiger partial charge is 0.119 e. The number of piperidine rings is 1. The van der Waals surface area contributed by atoms with Crippen molar-refractivity contribution < 1.29 is 4.74 Å². The van der Waals surface area contributed by atoms with Crippen LogP contribution in [0, 0.1) is 0 Å². The fourth-order valence-electron chi connectivity index (χ4n) is 2.90. The van der Waals surface area contributed by atoms with Gasteiger partial charge in [0.1, 0.15) is 5.75 Å². The maximum atomic E-state index is 6.01. The number of hydrogen-bond donors (Lipinski definition) is 1. The third kappa shape index (κ3) is 2.85. The van der Waals surface area contributed by atoms with Gasteiger partial charge in [0.15, 0.2) is 0 Å². The van der Waals surface area contributed by atoms with Gasteiger partial charge >= 0.3 is 0 Å². The van der Waals surface area contributed by atoms with Crippen LogP contribution < -0.4 is 10.5 Å². The fraction of sp³-hybridized carbons (Fsp3) is 0.600. The predicted molar refractivity (Wildman–Crippen MR) is 74.8 cm³/mol. The van der Waals surface area contributed by atoms with Gasteiger partial charge in [-0.3, -0.25) is 4.90 Å². The van der Waals surface area contributed by atoms with E-state index in [-0.39, 0.29) is 0 Å². The van der Waals surface area contributed by atoms with E-state index in [0.29, 0.717) is 18.6 Å². The van der Waals surface area contributed by atoms with Crippen LogP contribution in [-0.2, 0) is 0 Å². The molecule has 0 bridgehead atoms. The van der Waals surface area contributed by atoms with Crippen LogP contribution in [0.2, 0.25) is 0 Å². The third-order valence-electron chi connectivity index (χ3n) is 3.96. The summed E-state index contributed by atoms with van der Waals surface area (Å²) in [5, 5.41) is 0. The summed E-state index contributed by atoms with van der Waals surface area (Å²) in [6.45, 7) is 4.12. The van der Waals surface area contributed by atoms with Gasteiger partial charge in [0, 0.05) is 18.6 Å². The van der Waals surface area contributed by atoms with Crippen molar-refractivity contribution in [2.24, 2.45) is 5.73 Å². The Balaban J connectivity index is 2.20. The molecule has 2 N–H and O–H groups in total. The molecule has 1 saturated heterocycles. The van der Waals surface area contributed by atoms with Crippen molar-refractivity contribution >= 4 is 0 Å². The van der Waals surface area contributed by atoms with E-state index in [4.69, 9.17) is 10.5 Å². The Morgan fingerprint density at radius 1 is 1.44 bits per heavy atom. The lowest BCUT2D eigenvalue weighted by Gasteiger charge is -2.39. The average molecular weight is 248 g/mol. The molecule has 2 atom stereocenters. The van der Waals surface area contributed by atoms with Crippen LogP contribution in [0.25, 0.3) is 0 Å². The summed E-state index contributed by atoms with van der Waals surface area (Å²) in [6.07, 6.45) is 3.90. The zero-order valence-corrected chi connectivity index (χ0v) is 11.4. The van der Waals surface area contributed by atoms with E-state index in [9.17, 15) is 0 Å². The molecule has 0 aliphatic carbocycles. The lowest BCUT2D eigenvalue weighted by atomic mass is 9.97. The van der Waals surface area contributed by atoms with Crippen LogP contribution in [0.5, 0.6) is 5.75 Å². The number of likely N-dealkylation sites (tertiary alicyclic amines) is 1. The Hall–Kier alpha value is -1.06. The minimum absolute atomic E-state index is 0.315. The number of ether oxygens (including phenoxy) is 1. The third-order valence-corrected chi connectivity index (χ3v) is 3.96. The highest BCUT2D eigenvalue weighted by Crippen LogP contribution is 2.29. The quantitative estimate of drug-likeness (QED) is 0.890. The van der Waals surface area contributed by atoms with E-state index in [2.05, 4.69) is 24.0 Å². The van der Waals surface area contributed by atoms with E-state index in [1.54, 1.807) is 7.11 Å². The Kier molecular flexibility index (Phi) is 4.61. The Morgan fingerprint density at radius 3 is 2.94 bits per heavy atom. The number of methoxy groups -OCH3 is 1. The molecule has 1 aromatic rings. The Bertz CT molecular complexity index is 381. The molecule has 0 radical (unpaired) electrons. The first-order valence-electron chi connectivity index (χ1n) is 6.86. The van der Waals surface area contributed by atoms with Gasteiger partial charge in [-0.15, -0.1) is 0 Å². The van der Waals surface area contributed by atoms with Crippen molar-refractivity contribution in [3.8, 4) is 5.75 Å². The molecule has 2 unspecified atom stereocenters. The zero-order chi connectivity index (χ0) is 13.0. The van der Waals surface area contributed by atoms with Crippen LogP contribution in [0.15, 0.2) is 24.3 Å². The highest BCUT2D eigenvalue weighted by molar-refractivity contribution is 5.31. The lowest BCUT2D eigenvalue weighted by molar-refractivity contribution is 0.109. The van der Waals surface area contributed by atoms with Gasteiger partial charge in [0.2, 0.25) is 0 Å². The van der Waals surface area contributed by atoms with Crippen molar-refractivity contribution in [1.82, 2.24) is 4.90 Å². The molecular formula is C15H24N2O. The first kappa shape index (κ1) is 13.4. The summed E-state index contributed by atoms with van der Waals surface area (Å²) in [5.74, 6) is 0.913. The van der Waals surface area contributed by atoms with Crippen molar-refractivity contribution in [2.45, 2.75) is 38.3 Å². The van der Waals surface area contributed by atoms with Gasteiger partial charge in [0.05, 0.1) is 7.11 Å². The first-order chi connectivity index (χ1) is 8.76. The van der Waals surface area contributed by atoms with Crippen LogP contribution in [0.3, 0.4) is 0 Å². The number of rotatable bonds is 4. The second kappa shape index (κ2) is 6.21. The molecule has 100 valence electrons. The highest BCUT2D eigenvalue weighted by atomic mass is 16.5. The van der Waals surface area contributed by atoms with E-state index < -0.39 is 0 Å². The minimum Gasteiger partial charge on any atom is -0.497 e. The maximum Gasteiger partial charge on any atom is 0.119 e. The van der Waals surface area contributed by atoms with Crippen LogP contribution in [0.4, 0.5) is 0 Å². The summed E-state index contributed by atoms with van der Waals surface area (Å²) in [5.41, 5.74) is 7.28. The van der Waals surface area contributed by atoms with E-state index in [0.717, 1.165) is 12.3 Å². The van der Waals surface area contributed by atoms with E-state index in [1.807, 2.05) is 12.1 Å². The molecule has 3 nitrogen and oxygen atoms in total. The molecule has 0 spiro atoms. The topological polar surface area (TPSA) is 38.5 Å². The zero-order valence-electron chi connectivity index (χ0n) is 11.4. The monoisotopic (exact) mass is 248 g/mol. The van der Waals surface area contributed by atoms with Gasteiger partial charge in [-0.2, -0.15) is 0 Å². The molecule has 1 heterocycles. The van der Waals surface area contributed by atoms with Crippen LogP contribution >= 0.6 is 0 Å². The van der Waals surface area contributed by atoms with Gasteiger partial charge < -0.3 is 10.5 Å². The van der Waals surface area contributed by atoms with Gasteiger partial charge in [-0.05, 0) is 44.0 Å². The summed E-state index contributed by atoms with van der Waals surface area (Å²) in [7, 11) is 1.71. The molecule has 1 aliphatic rings. The summed E-state index contributed by atoms with van der Waals surface area (Å²) in [4.78, 5) is 2.54. The van der Waals surface area contributed by atoms with Crippen molar-refractivity contribution in [3.63, 3.8) is 0 Å². The normalized spacial score (nSPS) is 22.7. The molecule has 2 rings (SSSR count). The lowest BCUT2D eigenvalue weighted by Crippen LogP contribution is -2.43.